The second kappa shape index (κ2) is 5.09. The normalized spacial score (nSPS) is 12.6. The number of aromatic nitrogens is 3. The van der Waals surface area contributed by atoms with E-state index in [-0.39, 0.29) is 6.10 Å². The Balaban J connectivity index is 2.29. The van der Waals surface area contributed by atoms with Crippen molar-refractivity contribution < 1.29 is 4.74 Å². The largest absolute Gasteiger partial charge is 0.369 e. The Morgan fingerprint density at radius 1 is 1.38 bits per heavy atom. The number of hydrogen-bond acceptors (Lipinski definition) is 3. The minimum absolute atomic E-state index is 0.255. The fraction of sp³-hybridized carbons (Fsp3) is 0.273. The van der Waals surface area contributed by atoms with E-state index >= 15 is 0 Å². The van der Waals surface area contributed by atoms with Gasteiger partial charge in [-0.05, 0) is 5.56 Å². The number of aromatic amines is 1. The van der Waals surface area contributed by atoms with E-state index in [1.165, 1.54) is 0 Å². The third-order valence-electron chi connectivity index (χ3n) is 2.25. The van der Waals surface area contributed by atoms with E-state index in [1.54, 1.807) is 7.11 Å². The number of rotatable bonds is 4. The molecule has 84 valence electrons. The lowest BCUT2D eigenvalue weighted by Crippen LogP contribution is -2.05. The number of alkyl halides is 1. The standard InChI is InChI=1S/C11H12ClN3O/c1-16-10(8-5-3-2-4-6-8)11-13-9(7-12)14-15-11/h2-6,10H,7H2,1H3,(H,13,14,15). The molecule has 1 atom stereocenters. The van der Waals surface area contributed by atoms with Crippen molar-refractivity contribution in [2.45, 2.75) is 12.0 Å². The number of nitrogens with zero attached hydrogens (tertiary/aromatic N) is 2. The van der Waals surface area contributed by atoms with Crippen LogP contribution in [0, 0.1) is 0 Å². The predicted molar refractivity (Wildman–Crippen MR) is 61.2 cm³/mol. The first kappa shape index (κ1) is 11.1. The van der Waals surface area contributed by atoms with Crippen molar-refractivity contribution in [1.82, 2.24) is 15.2 Å². The first-order valence-electron chi connectivity index (χ1n) is 4.90. The Labute approximate surface area is 98.6 Å². The highest BCUT2D eigenvalue weighted by Gasteiger charge is 2.17. The summed E-state index contributed by atoms with van der Waals surface area (Å²) in [5, 5.41) is 6.86. The van der Waals surface area contributed by atoms with Gasteiger partial charge >= 0.3 is 0 Å². The highest BCUT2D eigenvalue weighted by molar-refractivity contribution is 6.16. The summed E-state index contributed by atoms with van der Waals surface area (Å²) in [6.45, 7) is 0. The van der Waals surface area contributed by atoms with Crippen LogP contribution in [-0.4, -0.2) is 22.3 Å². The lowest BCUT2D eigenvalue weighted by molar-refractivity contribution is 0.129. The van der Waals surface area contributed by atoms with Crippen LogP contribution < -0.4 is 0 Å². The molecule has 4 nitrogen and oxygen atoms in total. The minimum atomic E-state index is -0.255. The molecule has 1 heterocycles. The molecule has 2 rings (SSSR count). The van der Waals surface area contributed by atoms with Crippen LogP contribution in [0.2, 0.25) is 0 Å². The number of halogens is 1. The lowest BCUT2D eigenvalue weighted by atomic mass is 10.1. The number of ether oxygens (including phenoxy) is 1. The zero-order valence-electron chi connectivity index (χ0n) is 8.85. The van der Waals surface area contributed by atoms with E-state index in [4.69, 9.17) is 16.3 Å². The van der Waals surface area contributed by atoms with Crippen LogP contribution >= 0.6 is 11.6 Å². The summed E-state index contributed by atoms with van der Waals surface area (Å²) in [7, 11) is 1.63. The maximum absolute atomic E-state index is 5.66. The number of benzene rings is 1. The van der Waals surface area contributed by atoms with E-state index in [9.17, 15) is 0 Å². The molecule has 0 radical (unpaired) electrons. The van der Waals surface area contributed by atoms with E-state index in [2.05, 4.69) is 15.2 Å². The van der Waals surface area contributed by atoms with Crippen LogP contribution in [-0.2, 0) is 10.6 Å². The van der Waals surface area contributed by atoms with Crippen LogP contribution in [0.25, 0.3) is 0 Å². The summed E-state index contributed by atoms with van der Waals surface area (Å²) in [6.07, 6.45) is -0.255. The Kier molecular flexibility index (Phi) is 3.54. The van der Waals surface area contributed by atoms with Crippen molar-refractivity contribution in [3.05, 3.63) is 47.5 Å². The summed E-state index contributed by atoms with van der Waals surface area (Å²) in [5.41, 5.74) is 1.02. The van der Waals surface area contributed by atoms with Gasteiger partial charge in [0.05, 0.1) is 5.88 Å². The zero-order chi connectivity index (χ0) is 11.4. The van der Waals surface area contributed by atoms with E-state index in [1.807, 2.05) is 30.3 Å². The van der Waals surface area contributed by atoms with Gasteiger partial charge < -0.3 is 4.74 Å². The van der Waals surface area contributed by atoms with Gasteiger partial charge in [0.25, 0.3) is 0 Å². The number of H-pyrrole nitrogens is 1. The molecule has 0 saturated heterocycles. The van der Waals surface area contributed by atoms with Crippen molar-refractivity contribution in [3.8, 4) is 0 Å². The summed E-state index contributed by atoms with van der Waals surface area (Å²) in [5.74, 6) is 1.57. The Morgan fingerprint density at radius 3 is 2.69 bits per heavy atom. The molecule has 5 heteroatoms. The zero-order valence-corrected chi connectivity index (χ0v) is 9.61. The molecule has 16 heavy (non-hydrogen) atoms. The maximum Gasteiger partial charge on any atom is 0.184 e. The summed E-state index contributed by atoms with van der Waals surface area (Å²) in [4.78, 5) is 4.25. The molecule has 0 saturated carbocycles. The van der Waals surface area contributed by atoms with Crippen LogP contribution in [0.1, 0.15) is 23.3 Å². The fourth-order valence-corrected chi connectivity index (χ4v) is 1.63. The van der Waals surface area contributed by atoms with Gasteiger partial charge in [-0.2, -0.15) is 5.10 Å². The Morgan fingerprint density at radius 2 is 2.12 bits per heavy atom. The first-order chi connectivity index (χ1) is 7.85. The molecule has 2 aromatic rings. The number of nitrogens with one attached hydrogen (secondary N) is 1. The van der Waals surface area contributed by atoms with Gasteiger partial charge in [0.2, 0.25) is 0 Å². The van der Waals surface area contributed by atoms with Gasteiger partial charge in [0.1, 0.15) is 11.9 Å². The first-order valence-corrected chi connectivity index (χ1v) is 5.43. The molecule has 0 aliphatic rings. The van der Waals surface area contributed by atoms with E-state index in [0.717, 1.165) is 5.56 Å². The van der Waals surface area contributed by atoms with Crippen LogP contribution in [0.5, 0.6) is 0 Å². The average molecular weight is 238 g/mol. The van der Waals surface area contributed by atoms with Gasteiger partial charge in [-0.1, -0.05) is 30.3 Å². The average Bonchev–Trinajstić information content (AvgIpc) is 2.80. The Hall–Kier alpha value is -1.39. The van der Waals surface area contributed by atoms with Crippen molar-refractivity contribution in [3.63, 3.8) is 0 Å². The third kappa shape index (κ3) is 2.23. The molecule has 1 N–H and O–H groups in total. The topological polar surface area (TPSA) is 50.8 Å². The Bertz CT molecular complexity index is 444. The van der Waals surface area contributed by atoms with Crippen molar-refractivity contribution in [2.24, 2.45) is 0 Å². The summed E-state index contributed by atoms with van der Waals surface area (Å²) >= 11 is 5.66. The van der Waals surface area contributed by atoms with Crippen molar-refractivity contribution in [2.75, 3.05) is 7.11 Å². The smallest absolute Gasteiger partial charge is 0.184 e. The van der Waals surface area contributed by atoms with Gasteiger partial charge in [-0.3, -0.25) is 5.10 Å². The monoisotopic (exact) mass is 237 g/mol. The highest BCUT2D eigenvalue weighted by atomic mass is 35.5. The molecular weight excluding hydrogens is 226 g/mol. The summed E-state index contributed by atoms with van der Waals surface area (Å²) < 4.78 is 5.39. The molecule has 0 spiro atoms. The second-order valence-corrected chi connectivity index (χ2v) is 3.57. The number of methoxy groups -OCH3 is 1. The fourth-order valence-electron chi connectivity index (χ4n) is 1.51. The molecule has 1 unspecified atom stereocenters. The minimum Gasteiger partial charge on any atom is -0.369 e. The number of hydrogen-bond donors (Lipinski definition) is 1. The van der Waals surface area contributed by atoms with Crippen LogP contribution in [0.4, 0.5) is 0 Å². The second-order valence-electron chi connectivity index (χ2n) is 3.30. The van der Waals surface area contributed by atoms with Gasteiger partial charge in [0.15, 0.2) is 5.82 Å². The lowest BCUT2D eigenvalue weighted by Gasteiger charge is -2.11. The van der Waals surface area contributed by atoms with Gasteiger partial charge in [-0.15, -0.1) is 11.6 Å². The maximum atomic E-state index is 5.66. The third-order valence-corrected chi connectivity index (χ3v) is 2.50. The van der Waals surface area contributed by atoms with Gasteiger partial charge in [0, 0.05) is 7.11 Å². The van der Waals surface area contributed by atoms with E-state index in [0.29, 0.717) is 17.5 Å². The molecule has 0 bridgehead atoms. The quantitative estimate of drug-likeness (QED) is 0.830. The molecular formula is C11H12ClN3O. The molecule has 0 fully saturated rings. The SMILES string of the molecule is COC(c1ccccc1)c1n[nH]c(CCl)n1. The van der Waals surface area contributed by atoms with Gasteiger partial charge in [-0.25, -0.2) is 4.98 Å². The molecule has 1 aromatic carbocycles. The molecule has 0 aliphatic heterocycles. The van der Waals surface area contributed by atoms with Crippen molar-refractivity contribution in [1.29, 1.82) is 0 Å². The predicted octanol–water partition coefficient (Wildman–Crippen LogP) is 2.28. The van der Waals surface area contributed by atoms with Crippen LogP contribution in [0.15, 0.2) is 30.3 Å². The molecule has 0 aliphatic carbocycles. The molecule has 0 amide bonds. The summed E-state index contributed by atoms with van der Waals surface area (Å²) in [6, 6.07) is 9.82. The van der Waals surface area contributed by atoms with Crippen molar-refractivity contribution >= 4 is 11.6 Å². The van der Waals surface area contributed by atoms with E-state index < -0.39 is 0 Å². The van der Waals surface area contributed by atoms with Crippen LogP contribution in [0.3, 0.4) is 0 Å². The molecule has 1 aromatic heterocycles. The highest BCUT2D eigenvalue weighted by Crippen LogP contribution is 2.21.